The maximum Gasteiger partial charge on any atom is 0.203 e. The predicted octanol–water partition coefficient (Wildman–Crippen LogP) is 4.29. The fraction of sp³-hybridized carbons (Fsp3) is 0.500. The van der Waals surface area contributed by atoms with Crippen LogP contribution in [-0.4, -0.2) is 15.6 Å². The Hall–Kier alpha value is -1.77. The minimum atomic E-state index is 0.594. The topological polar surface area (TPSA) is 29.9 Å². The van der Waals surface area contributed by atoms with E-state index in [-0.39, 0.29) is 0 Å². The van der Waals surface area contributed by atoms with Gasteiger partial charge in [0.2, 0.25) is 5.95 Å². The van der Waals surface area contributed by atoms with Gasteiger partial charge in [-0.1, -0.05) is 49.1 Å². The van der Waals surface area contributed by atoms with Crippen molar-refractivity contribution in [1.82, 2.24) is 9.55 Å². The zero-order valence-electron chi connectivity index (χ0n) is 13.1. The van der Waals surface area contributed by atoms with Crippen LogP contribution in [0.25, 0.3) is 0 Å². The third kappa shape index (κ3) is 3.66. The molecule has 1 N–H and O–H groups in total. The highest BCUT2D eigenvalue weighted by Crippen LogP contribution is 2.22. The van der Waals surface area contributed by atoms with Gasteiger partial charge in [-0.3, -0.25) is 0 Å². The summed E-state index contributed by atoms with van der Waals surface area (Å²) in [6, 6.07) is 9.30. The second-order valence-electron chi connectivity index (χ2n) is 6.30. The zero-order valence-corrected chi connectivity index (χ0v) is 13.1. The summed E-state index contributed by atoms with van der Waals surface area (Å²) in [5.74, 6) is 1.03. The van der Waals surface area contributed by atoms with Crippen molar-refractivity contribution in [3.05, 3.63) is 47.3 Å². The number of aromatic nitrogens is 2. The number of hydrogen-bond acceptors (Lipinski definition) is 2. The molecule has 0 atom stereocenters. The third-order valence-corrected chi connectivity index (χ3v) is 4.27. The van der Waals surface area contributed by atoms with E-state index < -0.39 is 0 Å². The average molecular weight is 283 g/mol. The Balaban J connectivity index is 1.75. The quantitative estimate of drug-likeness (QED) is 0.907. The summed E-state index contributed by atoms with van der Waals surface area (Å²) in [5.41, 5.74) is 3.73. The van der Waals surface area contributed by atoms with Gasteiger partial charge in [0, 0.05) is 12.2 Å². The fourth-order valence-corrected chi connectivity index (χ4v) is 3.22. The number of benzene rings is 1. The van der Waals surface area contributed by atoms with Gasteiger partial charge in [-0.2, -0.15) is 0 Å². The summed E-state index contributed by atoms with van der Waals surface area (Å²) in [6.07, 6.45) is 8.76. The number of aryl methyl sites for hydroxylation is 2. The third-order valence-electron chi connectivity index (χ3n) is 4.27. The van der Waals surface area contributed by atoms with Crippen molar-refractivity contribution < 1.29 is 0 Å². The van der Waals surface area contributed by atoms with Crippen molar-refractivity contribution in [3.8, 4) is 0 Å². The molecule has 0 radical (unpaired) electrons. The number of imidazole rings is 1. The molecule has 0 bridgehead atoms. The smallest absolute Gasteiger partial charge is 0.203 e. The molecule has 112 valence electrons. The molecule has 21 heavy (non-hydrogen) atoms. The van der Waals surface area contributed by atoms with Gasteiger partial charge in [-0.25, -0.2) is 4.98 Å². The van der Waals surface area contributed by atoms with E-state index in [1.54, 1.807) is 0 Å². The highest BCUT2D eigenvalue weighted by Gasteiger charge is 2.16. The Morgan fingerprint density at radius 1 is 1.19 bits per heavy atom. The van der Waals surface area contributed by atoms with Gasteiger partial charge < -0.3 is 9.88 Å². The van der Waals surface area contributed by atoms with Crippen LogP contribution in [0.2, 0.25) is 0 Å². The number of rotatable bonds is 4. The van der Waals surface area contributed by atoms with Crippen LogP contribution < -0.4 is 5.32 Å². The molecule has 3 nitrogen and oxygen atoms in total. The molecule has 0 unspecified atom stereocenters. The predicted molar refractivity (Wildman–Crippen MR) is 87.7 cm³/mol. The fourth-order valence-electron chi connectivity index (χ4n) is 3.22. The molecule has 1 saturated carbocycles. The first-order valence-corrected chi connectivity index (χ1v) is 8.06. The van der Waals surface area contributed by atoms with Gasteiger partial charge in [0.1, 0.15) is 0 Å². The Bertz CT molecular complexity index is 594. The largest absolute Gasteiger partial charge is 0.353 e. The van der Waals surface area contributed by atoms with E-state index in [0.717, 1.165) is 18.2 Å². The van der Waals surface area contributed by atoms with Gasteiger partial charge >= 0.3 is 0 Å². The lowest BCUT2D eigenvalue weighted by Gasteiger charge is -2.23. The molecule has 0 saturated heterocycles. The first kappa shape index (κ1) is 14.2. The van der Waals surface area contributed by atoms with Crippen molar-refractivity contribution in [2.75, 3.05) is 5.32 Å². The van der Waals surface area contributed by atoms with E-state index in [1.807, 2.05) is 0 Å². The maximum atomic E-state index is 4.68. The van der Waals surface area contributed by atoms with Crippen molar-refractivity contribution in [3.63, 3.8) is 0 Å². The molecule has 3 heteroatoms. The first-order chi connectivity index (χ1) is 10.2. The highest BCUT2D eigenvalue weighted by atomic mass is 15.2. The van der Waals surface area contributed by atoms with Crippen LogP contribution in [0.1, 0.15) is 48.9 Å². The molecular formula is C18H25N3. The molecule has 0 amide bonds. The van der Waals surface area contributed by atoms with Crippen LogP contribution in [0.15, 0.2) is 30.5 Å². The molecule has 1 fully saturated rings. The van der Waals surface area contributed by atoms with Crippen LogP contribution in [0.5, 0.6) is 0 Å². The van der Waals surface area contributed by atoms with Gasteiger partial charge in [0.05, 0.1) is 12.2 Å². The molecule has 3 rings (SSSR count). The monoisotopic (exact) mass is 283 g/mol. The Morgan fingerprint density at radius 3 is 2.76 bits per heavy atom. The van der Waals surface area contributed by atoms with Gasteiger partial charge in [0.15, 0.2) is 0 Å². The second kappa shape index (κ2) is 6.33. The van der Waals surface area contributed by atoms with Gasteiger partial charge in [0.25, 0.3) is 0 Å². The van der Waals surface area contributed by atoms with E-state index in [1.165, 1.54) is 43.2 Å². The second-order valence-corrected chi connectivity index (χ2v) is 6.30. The van der Waals surface area contributed by atoms with E-state index >= 15 is 0 Å². The molecule has 1 aromatic heterocycles. The van der Waals surface area contributed by atoms with Crippen LogP contribution in [-0.2, 0) is 6.54 Å². The number of nitrogens with one attached hydrogen (secondary N) is 1. The lowest BCUT2D eigenvalue weighted by Crippen LogP contribution is -2.24. The number of anilines is 1. The normalized spacial score (nSPS) is 16.1. The average Bonchev–Trinajstić information content (AvgIpc) is 2.80. The lowest BCUT2D eigenvalue weighted by atomic mass is 9.96. The van der Waals surface area contributed by atoms with Crippen LogP contribution in [0.3, 0.4) is 0 Å². The summed E-state index contributed by atoms with van der Waals surface area (Å²) in [5, 5.41) is 3.66. The van der Waals surface area contributed by atoms with Crippen LogP contribution >= 0.6 is 0 Å². The lowest BCUT2D eigenvalue weighted by molar-refractivity contribution is 0.459. The molecule has 2 aromatic rings. The number of nitrogens with zero attached hydrogens (tertiary/aromatic N) is 2. The Morgan fingerprint density at radius 2 is 2.00 bits per heavy atom. The summed E-state index contributed by atoms with van der Waals surface area (Å²) >= 11 is 0. The summed E-state index contributed by atoms with van der Waals surface area (Å²) in [6.45, 7) is 5.10. The minimum Gasteiger partial charge on any atom is -0.353 e. The standard InChI is InChI=1S/C18H25N3/c1-14-7-6-8-16(11-14)13-21-12-15(2)19-18(21)20-17-9-4-3-5-10-17/h6-8,11-12,17H,3-5,9-10,13H2,1-2H3,(H,19,20). The molecular weight excluding hydrogens is 258 g/mol. The Kier molecular flexibility index (Phi) is 4.28. The molecule has 0 spiro atoms. The summed E-state index contributed by atoms with van der Waals surface area (Å²) in [4.78, 5) is 4.68. The van der Waals surface area contributed by atoms with E-state index in [0.29, 0.717) is 6.04 Å². The summed E-state index contributed by atoms with van der Waals surface area (Å²) < 4.78 is 2.25. The molecule has 1 aromatic carbocycles. The SMILES string of the molecule is Cc1cccc(Cn2cc(C)nc2NC2CCCCC2)c1. The van der Waals surface area contributed by atoms with Crippen LogP contribution in [0.4, 0.5) is 5.95 Å². The molecule has 1 aliphatic rings. The van der Waals surface area contributed by atoms with Gasteiger partial charge in [-0.15, -0.1) is 0 Å². The highest BCUT2D eigenvalue weighted by molar-refractivity contribution is 5.32. The Labute approximate surface area is 127 Å². The van der Waals surface area contributed by atoms with Crippen molar-refractivity contribution >= 4 is 5.95 Å². The maximum absolute atomic E-state index is 4.68. The minimum absolute atomic E-state index is 0.594. The molecule has 1 heterocycles. The molecule has 0 aliphatic heterocycles. The van der Waals surface area contributed by atoms with Crippen LogP contribution in [0, 0.1) is 13.8 Å². The van der Waals surface area contributed by atoms with Crippen molar-refractivity contribution in [2.45, 2.75) is 58.5 Å². The zero-order chi connectivity index (χ0) is 14.7. The van der Waals surface area contributed by atoms with Crippen molar-refractivity contribution in [2.24, 2.45) is 0 Å². The summed E-state index contributed by atoms with van der Waals surface area (Å²) in [7, 11) is 0. The first-order valence-electron chi connectivity index (χ1n) is 8.06. The van der Waals surface area contributed by atoms with Crippen molar-refractivity contribution in [1.29, 1.82) is 0 Å². The van der Waals surface area contributed by atoms with Gasteiger partial charge in [-0.05, 0) is 32.3 Å². The van der Waals surface area contributed by atoms with E-state index in [9.17, 15) is 0 Å². The molecule has 1 aliphatic carbocycles. The number of hydrogen-bond donors (Lipinski definition) is 1. The van der Waals surface area contributed by atoms with E-state index in [4.69, 9.17) is 0 Å². The van der Waals surface area contributed by atoms with E-state index in [2.05, 4.69) is 59.2 Å².